The molecule has 0 N–H and O–H groups in total. The van der Waals surface area contributed by atoms with E-state index in [4.69, 9.17) is 4.74 Å². The molecule has 3 rings (SSSR count). The van der Waals surface area contributed by atoms with E-state index in [1.807, 2.05) is 24.3 Å². The monoisotopic (exact) mass is 348 g/mol. The summed E-state index contributed by atoms with van der Waals surface area (Å²) >= 11 is 3.12. The van der Waals surface area contributed by atoms with Crippen molar-refractivity contribution in [3.8, 4) is 5.75 Å². The Morgan fingerprint density at radius 3 is 2.90 bits per heavy atom. The molecule has 0 saturated heterocycles. The highest BCUT2D eigenvalue weighted by Crippen LogP contribution is 2.36. The van der Waals surface area contributed by atoms with Gasteiger partial charge in [-0.2, -0.15) is 0 Å². The van der Waals surface area contributed by atoms with Gasteiger partial charge in [0.2, 0.25) is 0 Å². The molecule has 0 spiro atoms. The largest absolute Gasteiger partial charge is 0.493 e. The first-order chi connectivity index (χ1) is 10.2. The van der Waals surface area contributed by atoms with E-state index >= 15 is 0 Å². The first-order valence-corrected chi connectivity index (χ1v) is 7.65. The third kappa shape index (κ3) is 2.86. The lowest BCUT2D eigenvalue weighted by Gasteiger charge is -2.25. The number of para-hydroxylation sites is 1. The van der Waals surface area contributed by atoms with Crippen molar-refractivity contribution < 1.29 is 13.9 Å². The maximum atomic E-state index is 14.0. The van der Waals surface area contributed by atoms with Crippen LogP contribution in [0.5, 0.6) is 5.75 Å². The van der Waals surface area contributed by atoms with E-state index in [2.05, 4.69) is 15.9 Å². The van der Waals surface area contributed by atoms with Crippen molar-refractivity contribution in [3.63, 3.8) is 0 Å². The van der Waals surface area contributed by atoms with Gasteiger partial charge in [0.25, 0.3) is 0 Å². The fraction of sp³-hybridized carbons (Fsp3) is 0.235. The van der Waals surface area contributed by atoms with Crippen LogP contribution < -0.4 is 4.74 Å². The lowest BCUT2D eigenvalue weighted by molar-refractivity contribution is 0.0962. The van der Waals surface area contributed by atoms with Crippen molar-refractivity contribution in [2.75, 3.05) is 6.61 Å². The number of benzene rings is 2. The molecule has 0 aliphatic carbocycles. The summed E-state index contributed by atoms with van der Waals surface area (Å²) in [5, 5.41) is 0. The Balaban J connectivity index is 1.85. The predicted octanol–water partition coefficient (Wildman–Crippen LogP) is 4.73. The molecule has 1 heterocycles. The molecular weight excluding hydrogens is 335 g/mol. The summed E-state index contributed by atoms with van der Waals surface area (Å²) in [6.07, 6.45) is 1.08. The normalized spacial score (nSPS) is 17.0. The van der Waals surface area contributed by atoms with Crippen LogP contribution in [-0.4, -0.2) is 12.4 Å². The van der Waals surface area contributed by atoms with Gasteiger partial charge in [-0.3, -0.25) is 4.79 Å². The Hall–Kier alpha value is -1.68. The van der Waals surface area contributed by atoms with Crippen molar-refractivity contribution >= 4 is 21.7 Å². The second kappa shape index (κ2) is 5.98. The topological polar surface area (TPSA) is 26.3 Å². The smallest absolute Gasteiger partial charge is 0.166 e. The molecule has 0 saturated carbocycles. The van der Waals surface area contributed by atoms with Gasteiger partial charge >= 0.3 is 0 Å². The number of halogens is 2. The average Bonchev–Trinajstić information content (AvgIpc) is 2.50. The van der Waals surface area contributed by atoms with Crippen LogP contribution in [0.3, 0.4) is 0 Å². The molecule has 0 bridgehead atoms. The van der Waals surface area contributed by atoms with Gasteiger partial charge in [0.1, 0.15) is 11.6 Å². The zero-order valence-corrected chi connectivity index (χ0v) is 12.9. The number of carbonyl (C=O) groups excluding carboxylic acids is 1. The summed E-state index contributed by atoms with van der Waals surface area (Å²) < 4.78 is 19.9. The predicted molar refractivity (Wildman–Crippen MR) is 82.3 cm³/mol. The molecule has 21 heavy (non-hydrogen) atoms. The fourth-order valence-corrected chi connectivity index (χ4v) is 3.05. The maximum absolute atomic E-state index is 14.0. The van der Waals surface area contributed by atoms with E-state index in [9.17, 15) is 9.18 Å². The zero-order valence-electron chi connectivity index (χ0n) is 11.3. The van der Waals surface area contributed by atoms with Gasteiger partial charge in [-0.15, -0.1) is 0 Å². The van der Waals surface area contributed by atoms with Crippen LogP contribution in [0.4, 0.5) is 4.39 Å². The molecule has 1 aliphatic rings. The van der Waals surface area contributed by atoms with Crippen molar-refractivity contribution in [1.29, 1.82) is 0 Å². The molecule has 2 nitrogen and oxygen atoms in total. The van der Waals surface area contributed by atoms with Crippen LogP contribution in [0.2, 0.25) is 0 Å². The number of hydrogen-bond donors (Lipinski definition) is 0. The molecule has 0 amide bonds. The number of Topliss-reactive ketones (excluding diaryl/α,β-unsaturated/α-hetero) is 1. The Kier molecular flexibility index (Phi) is 4.06. The van der Waals surface area contributed by atoms with Crippen LogP contribution in [0.1, 0.15) is 34.7 Å². The molecule has 2 aromatic carbocycles. The van der Waals surface area contributed by atoms with Crippen LogP contribution >= 0.6 is 15.9 Å². The van der Waals surface area contributed by atoms with Gasteiger partial charge in [-0.05, 0) is 52.0 Å². The number of carbonyl (C=O) groups is 1. The highest BCUT2D eigenvalue weighted by molar-refractivity contribution is 9.10. The standard InChI is InChI=1S/C17H14BrFO2/c18-14-6-3-5-13(17(14)19)15(20)10-11-8-9-21-16-7-2-1-4-12(11)16/h1-7,11H,8-10H2. The quantitative estimate of drug-likeness (QED) is 0.749. The third-order valence-electron chi connectivity index (χ3n) is 3.77. The molecule has 2 aromatic rings. The molecule has 0 aromatic heterocycles. The van der Waals surface area contributed by atoms with Gasteiger partial charge < -0.3 is 4.74 Å². The molecule has 1 atom stereocenters. The molecule has 0 radical (unpaired) electrons. The molecule has 4 heteroatoms. The van der Waals surface area contributed by atoms with E-state index in [1.165, 1.54) is 6.07 Å². The van der Waals surface area contributed by atoms with Crippen molar-refractivity contribution in [1.82, 2.24) is 0 Å². The Morgan fingerprint density at radius 2 is 2.05 bits per heavy atom. The maximum Gasteiger partial charge on any atom is 0.166 e. The van der Waals surface area contributed by atoms with Gasteiger partial charge in [0.05, 0.1) is 16.6 Å². The van der Waals surface area contributed by atoms with Crippen LogP contribution in [0.25, 0.3) is 0 Å². The minimum atomic E-state index is -0.483. The Morgan fingerprint density at radius 1 is 1.24 bits per heavy atom. The number of ether oxygens (including phenoxy) is 1. The minimum absolute atomic E-state index is 0.0841. The van der Waals surface area contributed by atoms with Gasteiger partial charge in [-0.1, -0.05) is 24.3 Å². The number of rotatable bonds is 3. The molecule has 108 valence electrons. The Labute approximate surface area is 131 Å². The van der Waals surface area contributed by atoms with Crippen molar-refractivity contribution in [3.05, 3.63) is 63.9 Å². The molecule has 0 fully saturated rings. The summed E-state index contributed by atoms with van der Waals surface area (Å²) in [7, 11) is 0. The fourth-order valence-electron chi connectivity index (χ4n) is 2.68. The number of hydrogen-bond acceptors (Lipinski definition) is 2. The summed E-state index contributed by atoms with van der Waals surface area (Å²) in [6, 6.07) is 12.5. The van der Waals surface area contributed by atoms with Gasteiger partial charge in [0, 0.05) is 6.42 Å². The lowest BCUT2D eigenvalue weighted by Crippen LogP contribution is -2.17. The average molecular weight is 349 g/mol. The first-order valence-electron chi connectivity index (χ1n) is 6.85. The van der Waals surface area contributed by atoms with E-state index in [1.54, 1.807) is 12.1 Å². The lowest BCUT2D eigenvalue weighted by atomic mass is 9.87. The highest BCUT2D eigenvalue weighted by Gasteiger charge is 2.25. The van der Waals surface area contributed by atoms with Crippen LogP contribution in [-0.2, 0) is 0 Å². The van der Waals surface area contributed by atoms with Crippen molar-refractivity contribution in [2.45, 2.75) is 18.8 Å². The summed E-state index contributed by atoms with van der Waals surface area (Å²) in [4.78, 5) is 12.4. The summed E-state index contributed by atoms with van der Waals surface area (Å²) in [6.45, 7) is 0.593. The van der Waals surface area contributed by atoms with Gasteiger partial charge in [0.15, 0.2) is 5.78 Å². The molecular formula is C17H14BrFO2. The van der Waals surface area contributed by atoms with Crippen LogP contribution in [0, 0.1) is 5.82 Å². The minimum Gasteiger partial charge on any atom is -0.493 e. The second-order valence-electron chi connectivity index (χ2n) is 5.10. The number of fused-ring (bicyclic) bond motifs is 1. The van der Waals surface area contributed by atoms with Crippen molar-refractivity contribution in [2.24, 2.45) is 0 Å². The molecule has 1 aliphatic heterocycles. The van der Waals surface area contributed by atoms with E-state index in [-0.39, 0.29) is 17.3 Å². The van der Waals surface area contributed by atoms with E-state index in [0.29, 0.717) is 17.5 Å². The second-order valence-corrected chi connectivity index (χ2v) is 5.95. The third-order valence-corrected chi connectivity index (χ3v) is 4.38. The summed E-state index contributed by atoms with van der Waals surface area (Å²) in [5.41, 5.74) is 1.18. The zero-order chi connectivity index (χ0) is 14.8. The SMILES string of the molecule is O=C(CC1CCOc2ccccc21)c1cccc(Br)c1F. The van der Waals surface area contributed by atoms with E-state index < -0.39 is 5.82 Å². The van der Waals surface area contributed by atoms with Gasteiger partial charge in [-0.25, -0.2) is 4.39 Å². The number of ketones is 1. The van der Waals surface area contributed by atoms with E-state index in [0.717, 1.165) is 17.7 Å². The first kappa shape index (κ1) is 14.3. The Bertz CT molecular complexity index is 684. The van der Waals surface area contributed by atoms with Crippen LogP contribution in [0.15, 0.2) is 46.9 Å². The molecule has 1 unspecified atom stereocenters. The summed E-state index contributed by atoms with van der Waals surface area (Å²) in [5.74, 6) is 0.260. The highest BCUT2D eigenvalue weighted by atomic mass is 79.9.